The molecule has 0 N–H and O–H groups in total. The Morgan fingerprint density at radius 3 is 1.27 bits per heavy atom. The SMILES string of the molecule is CC[CH2][Ge]([CH2]CC)[CH2]CC([O][Ge]([CH2]CC)[CH2]CC)(C(C)(C)C)C(C)(C)C. The molecule has 0 amide bonds. The number of hydrogen-bond donors (Lipinski definition) is 0. The zero-order chi connectivity index (χ0) is 20.4. The predicted octanol–water partition coefficient (Wildman–Crippen LogP) is 8.35. The maximum absolute atomic E-state index is 7.35. The number of hydrogen-bond acceptors (Lipinski definition) is 1. The third-order valence-corrected chi connectivity index (χ3v) is 18.7. The van der Waals surface area contributed by atoms with Gasteiger partial charge in [0.15, 0.2) is 0 Å². The van der Waals surface area contributed by atoms with Gasteiger partial charge in [0.2, 0.25) is 0 Å². The van der Waals surface area contributed by atoms with Gasteiger partial charge in [-0.05, 0) is 0 Å². The van der Waals surface area contributed by atoms with Gasteiger partial charge in [-0.1, -0.05) is 0 Å². The van der Waals surface area contributed by atoms with Gasteiger partial charge in [-0.2, -0.15) is 0 Å². The summed E-state index contributed by atoms with van der Waals surface area (Å²) in [5, 5.41) is 7.33. The molecule has 2 radical (unpaired) electrons. The Morgan fingerprint density at radius 1 is 0.577 bits per heavy atom. The van der Waals surface area contributed by atoms with E-state index in [2.05, 4.69) is 69.2 Å². The zero-order valence-corrected chi connectivity index (χ0v) is 24.2. The van der Waals surface area contributed by atoms with E-state index >= 15 is 0 Å². The van der Waals surface area contributed by atoms with E-state index in [0.717, 1.165) is 0 Å². The molecule has 0 atom stereocenters. The molecule has 0 aliphatic heterocycles. The fourth-order valence-corrected chi connectivity index (χ4v) is 16.5. The molecule has 0 saturated heterocycles. The van der Waals surface area contributed by atoms with Crippen molar-refractivity contribution in [3.63, 3.8) is 0 Å². The predicted molar refractivity (Wildman–Crippen MR) is 124 cm³/mol. The standard InChI is InChI=1S/C23H50Ge2O/c1-11-16-24(17-12-2)20-15-23(21(5,6)7,22(8,9)10)26-25(18-13-3)19-14-4/h11-20H2,1-10H3. The van der Waals surface area contributed by atoms with Crippen LogP contribution in [0.1, 0.15) is 101 Å². The van der Waals surface area contributed by atoms with Crippen molar-refractivity contribution in [2.45, 2.75) is 133 Å². The molecule has 3 heteroatoms. The summed E-state index contributed by atoms with van der Waals surface area (Å²) >= 11 is -2.36. The second-order valence-electron chi connectivity index (χ2n) is 10.2. The van der Waals surface area contributed by atoms with Gasteiger partial charge in [-0.25, -0.2) is 0 Å². The molecule has 0 aromatic rings. The molecule has 0 bridgehead atoms. The van der Waals surface area contributed by atoms with E-state index in [1.54, 1.807) is 10.5 Å². The summed E-state index contributed by atoms with van der Waals surface area (Å²) in [6, 6.07) is 0. The van der Waals surface area contributed by atoms with Crippen LogP contribution in [0.4, 0.5) is 0 Å². The van der Waals surface area contributed by atoms with Crippen molar-refractivity contribution in [1.82, 2.24) is 0 Å². The van der Waals surface area contributed by atoms with E-state index in [9.17, 15) is 0 Å². The molecule has 0 aliphatic carbocycles. The molecule has 0 aliphatic rings. The topological polar surface area (TPSA) is 9.23 Å². The summed E-state index contributed by atoms with van der Waals surface area (Å²) in [6.45, 7) is 24.1. The summed E-state index contributed by atoms with van der Waals surface area (Å²) in [5.74, 6) is 0. The van der Waals surface area contributed by atoms with Crippen LogP contribution in [0.2, 0.25) is 26.3 Å². The summed E-state index contributed by atoms with van der Waals surface area (Å²) in [5.41, 5.74) is 0.444. The van der Waals surface area contributed by atoms with Crippen LogP contribution in [0.25, 0.3) is 0 Å². The fourth-order valence-electron chi connectivity index (χ4n) is 4.70. The Labute approximate surface area is 176 Å². The Morgan fingerprint density at radius 2 is 0.962 bits per heavy atom. The van der Waals surface area contributed by atoms with Crippen LogP contribution in [0, 0.1) is 10.8 Å². The van der Waals surface area contributed by atoms with Crippen molar-refractivity contribution in [2.24, 2.45) is 10.8 Å². The minimum absolute atomic E-state index is 0.0411. The average molecular weight is 488 g/mol. The van der Waals surface area contributed by atoms with Crippen LogP contribution in [0.15, 0.2) is 0 Å². The first kappa shape index (κ1) is 27.0. The monoisotopic (exact) mass is 490 g/mol. The quantitative estimate of drug-likeness (QED) is 0.237. The van der Waals surface area contributed by atoms with Crippen molar-refractivity contribution in [1.29, 1.82) is 0 Å². The molecule has 26 heavy (non-hydrogen) atoms. The number of rotatable bonds is 13. The Bertz CT molecular complexity index is 328. The van der Waals surface area contributed by atoms with Crippen molar-refractivity contribution in [3.8, 4) is 0 Å². The van der Waals surface area contributed by atoms with Gasteiger partial charge in [0.05, 0.1) is 0 Å². The molecular weight excluding hydrogens is 437 g/mol. The third kappa shape index (κ3) is 8.19. The molecule has 0 heterocycles. The van der Waals surface area contributed by atoms with Crippen molar-refractivity contribution < 1.29 is 3.76 Å². The van der Waals surface area contributed by atoms with E-state index < -0.39 is 29.0 Å². The van der Waals surface area contributed by atoms with Crippen LogP contribution in [0.3, 0.4) is 0 Å². The molecule has 1 nitrogen and oxygen atoms in total. The van der Waals surface area contributed by atoms with Crippen LogP contribution in [-0.4, -0.2) is 34.6 Å². The normalized spacial score (nSPS) is 13.8. The van der Waals surface area contributed by atoms with Gasteiger partial charge in [-0.15, -0.1) is 0 Å². The molecule has 0 spiro atoms. The molecule has 0 aromatic carbocycles. The first-order valence-corrected chi connectivity index (χ1v) is 19.6. The van der Waals surface area contributed by atoms with E-state index in [0.29, 0.717) is 0 Å². The summed E-state index contributed by atoms with van der Waals surface area (Å²) in [6.07, 6.45) is 6.67. The molecule has 0 fully saturated rings. The molecular formula is C23H50Ge2O. The average Bonchev–Trinajstić information content (AvgIpc) is 2.49. The van der Waals surface area contributed by atoms with Gasteiger partial charge in [-0.3, -0.25) is 0 Å². The Balaban J connectivity index is 5.68. The molecule has 0 unspecified atom stereocenters. The van der Waals surface area contributed by atoms with Crippen LogP contribution >= 0.6 is 0 Å². The van der Waals surface area contributed by atoms with Gasteiger partial charge in [0, 0.05) is 0 Å². The maximum atomic E-state index is 7.35. The molecule has 0 aromatic heterocycles. The van der Waals surface area contributed by atoms with Gasteiger partial charge in [0.1, 0.15) is 0 Å². The van der Waals surface area contributed by atoms with Crippen LogP contribution in [0.5, 0.6) is 0 Å². The molecule has 156 valence electrons. The summed E-state index contributed by atoms with van der Waals surface area (Å²) in [4.78, 5) is 0. The van der Waals surface area contributed by atoms with E-state index in [1.807, 2.05) is 0 Å². The van der Waals surface area contributed by atoms with E-state index in [1.165, 1.54) is 47.9 Å². The Hall–Kier alpha value is 1.05. The van der Waals surface area contributed by atoms with Crippen molar-refractivity contribution >= 4 is 29.0 Å². The van der Waals surface area contributed by atoms with Gasteiger partial charge in [0.25, 0.3) is 0 Å². The van der Waals surface area contributed by atoms with Gasteiger partial charge >= 0.3 is 177 Å². The summed E-state index contributed by atoms with van der Waals surface area (Å²) in [7, 11) is 0. The molecule has 0 rings (SSSR count). The second kappa shape index (κ2) is 12.6. The zero-order valence-electron chi connectivity index (χ0n) is 20.0. The first-order chi connectivity index (χ1) is 12.0. The first-order valence-electron chi connectivity index (χ1n) is 11.4. The second-order valence-corrected chi connectivity index (χ2v) is 21.3. The minimum atomic E-state index is -1.45. The van der Waals surface area contributed by atoms with E-state index in [-0.39, 0.29) is 16.4 Å². The van der Waals surface area contributed by atoms with Crippen molar-refractivity contribution in [3.05, 3.63) is 0 Å². The summed E-state index contributed by atoms with van der Waals surface area (Å²) < 4.78 is 7.35. The van der Waals surface area contributed by atoms with Crippen LogP contribution < -0.4 is 0 Å². The van der Waals surface area contributed by atoms with Gasteiger partial charge < -0.3 is 0 Å². The fraction of sp³-hybridized carbons (Fsp3) is 1.00. The van der Waals surface area contributed by atoms with Crippen LogP contribution in [-0.2, 0) is 3.76 Å². The van der Waals surface area contributed by atoms with Crippen molar-refractivity contribution in [2.75, 3.05) is 0 Å². The van der Waals surface area contributed by atoms with E-state index in [4.69, 9.17) is 3.76 Å². The molecule has 0 saturated carbocycles. The third-order valence-electron chi connectivity index (χ3n) is 5.84. The Kier molecular flexibility index (Phi) is 13.1.